The highest BCUT2D eigenvalue weighted by atomic mass is 19.4. The van der Waals surface area contributed by atoms with Crippen LogP contribution < -0.4 is 11.1 Å². The number of hydrogen-bond acceptors (Lipinski definition) is 2. The zero-order valence-corrected chi connectivity index (χ0v) is 12.0. The van der Waals surface area contributed by atoms with Crippen molar-refractivity contribution in [3.05, 3.63) is 35.1 Å². The molecule has 23 heavy (non-hydrogen) atoms. The Bertz CT molecular complexity index is 619. The zero-order chi connectivity index (χ0) is 17.2. The maximum absolute atomic E-state index is 13.3. The summed E-state index contributed by atoms with van der Waals surface area (Å²) in [4.78, 5) is 23.4. The van der Waals surface area contributed by atoms with Gasteiger partial charge >= 0.3 is 12.2 Å². The molecule has 1 aromatic carbocycles. The molecule has 0 unspecified atom stereocenters. The first-order valence-electron chi connectivity index (χ1n) is 6.85. The summed E-state index contributed by atoms with van der Waals surface area (Å²) < 4.78 is 53.0. The van der Waals surface area contributed by atoms with Crippen LogP contribution in [0.3, 0.4) is 0 Å². The van der Waals surface area contributed by atoms with E-state index in [2.05, 4.69) is 0 Å². The van der Waals surface area contributed by atoms with Crippen LogP contribution in [-0.2, 0) is 17.8 Å². The topological polar surface area (TPSA) is 75.4 Å². The molecule has 3 amide bonds. The summed E-state index contributed by atoms with van der Waals surface area (Å²) in [6.07, 6.45) is -4.99. The average molecular weight is 333 g/mol. The number of alkyl halides is 3. The Morgan fingerprint density at radius 1 is 1.30 bits per heavy atom. The fourth-order valence-corrected chi connectivity index (χ4v) is 2.59. The van der Waals surface area contributed by atoms with Crippen LogP contribution in [-0.4, -0.2) is 35.6 Å². The smallest absolute Gasteiger partial charge is 0.352 e. The number of carbonyl (C=O) groups excluding carboxylic acids is 2. The van der Waals surface area contributed by atoms with Crippen molar-refractivity contribution in [1.82, 2.24) is 10.2 Å². The number of nitrogens with zero attached hydrogens (tertiary/aromatic N) is 1. The second kappa shape index (κ2) is 6.43. The quantitative estimate of drug-likeness (QED) is 0.809. The van der Waals surface area contributed by atoms with E-state index in [1.807, 2.05) is 5.32 Å². The normalized spacial score (nSPS) is 18.1. The minimum atomic E-state index is -4.62. The lowest BCUT2D eigenvalue weighted by atomic mass is 10.0. The Morgan fingerprint density at radius 2 is 2.00 bits per heavy atom. The molecule has 9 heteroatoms. The number of urea groups is 1. The number of fused-ring (bicyclic) bond motifs is 1. The Kier molecular flexibility index (Phi) is 4.76. The van der Waals surface area contributed by atoms with Crippen molar-refractivity contribution in [3.63, 3.8) is 0 Å². The van der Waals surface area contributed by atoms with E-state index < -0.39 is 36.5 Å². The highest BCUT2D eigenvalue weighted by Crippen LogP contribution is 2.33. The highest BCUT2D eigenvalue weighted by molar-refractivity contribution is 5.83. The Labute approximate surface area is 129 Å². The molecular formula is C14H15F4N3O2. The SMILES string of the molecule is NC(=O)NCC(=O)N1Cc2ccc(F)cc2CC[C@H]1C(F)(F)F. The standard InChI is InChI=1S/C14H15F4N3O2/c15-10-3-1-9-7-21(12(22)6-20-13(19)23)11(14(16,17)18)4-2-8(9)5-10/h1,3,5,11H,2,4,6-7H2,(H3,19,20,23)/t11-/m0/s1. The molecule has 1 aliphatic heterocycles. The Hall–Kier alpha value is -2.32. The molecule has 1 aliphatic rings. The van der Waals surface area contributed by atoms with E-state index in [0.29, 0.717) is 16.0 Å². The molecule has 0 aromatic heterocycles. The molecule has 0 spiro atoms. The number of nitrogens with one attached hydrogen (secondary N) is 1. The van der Waals surface area contributed by atoms with Crippen molar-refractivity contribution < 1.29 is 27.2 Å². The summed E-state index contributed by atoms with van der Waals surface area (Å²) in [5, 5.41) is 1.99. The molecule has 0 bridgehead atoms. The first-order chi connectivity index (χ1) is 10.7. The number of carbonyl (C=O) groups is 2. The molecule has 0 aliphatic carbocycles. The van der Waals surface area contributed by atoms with Gasteiger partial charge in [0.05, 0.1) is 6.54 Å². The van der Waals surface area contributed by atoms with Crippen LogP contribution in [0.25, 0.3) is 0 Å². The van der Waals surface area contributed by atoms with E-state index in [0.717, 1.165) is 6.07 Å². The molecule has 0 fully saturated rings. The molecule has 1 atom stereocenters. The number of aryl methyl sites for hydroxylation is 1. The van der Waals surface area contributed by atoms with E-state index in [-0.39, 0.29) is 19.4 Å². The first kappa shape index (κ1) is 17.0. The van der Waals surface area contributed by atoms with E-state index in [1.54, 1.807) is 0 Å². The highest BCUT2D eigenvalue weighted by Gasteiger charge is 2.46. The summed E-state index contributed by atoms with van der Waals surface area (Å²) in [5.41, 5.74) is 5.72. The predicted molar refractivity (Wildman–Crippen MR) is 72.7 cm³/mol. The molecule has 2 rings (SSSR count). The average Bonchev–Trinajstić information content (AvgIpc) is 2.63. The van der Waals surface area contributed by atoms with Crippen molar-refractivity contribution in [2.24, 2.45) is 5.73 Å². The summed E-state index contributed by atoms with van der Waals surface area (Å²) in [6.45, 7) is -0.933. The first-order valence-corrected chi connectivity index (χ1v) is 6.85. The van der Waals surface area contributed by atoms with Crippen LogP contribution in [0, 0.1) is 5.82 Å². The minimum absolute atomic E-state index is 0.00426. The van der Waals surface area contributed by atoms with Crippen molar-refractivity contribution in [3.8, 4) is 0 Å². The maximum Gasteiger partial charge on any atom is 0.408 e. The van der Waals surface area contributed by atoms with E-state index in [9.17, 15) is 27.2 Å². The predicted octanol–water partition coefficient (Wildman–Crippen LogP) is 1.70. The largest absolute Gasteiger partial charge is 0.408 e. The Morgan fingerprint density at radius 3 is 2.61 bits per heavy atom. The molecule has 1 aromatic rings. The Balaban J connectivity index is 2.30. The number of halogens is 4. The van der Waals surface area contributed by atoms with Crippen molar-refractivity contribution in [1.29, 1.82) is 0 Å². The van der Waals surface area contributed by atoms with Gasteiger partial charge in [-0.05, 0) is 36.1 Å². The summed E-state index contributed by atoms with van der Waals surface area (Å²) in [7, 11) is 0. The van der Waals surface area contributed by atoms with Gasteiger partial charge in [-0.15, -0.1) is 0 Å². The van der Waals surface area contributed by atoms with Gasteiger partial charge in [-0.25, -0.2) is 9.18 Å². The molecule has 0 saturated heterocycles. The lowest BCUT2D eigenvalue weighted by molar-refractivity contribution is -0.191. The number of primary amides is 1. The van der Waals surface area contributed by atoms with Crippen molar-refractivity contribution in [2.75, 3.05) is 6.54 Å². The van der Waals surface area contributed by atoms with Gasteiger partial charge in [-0.1, -0.05) is 6.07 Å². The van der Waals surface area contributed by atoms with Gasteiger partial charge in [0.25, 0.3) is 0 Å². The van der Waals surface area contributed by atoms with Crippen LogP contribution in [0.4, 0.5) is 22.4 Å². The number of rotatable bonds is 2. The lowest BCUT2D eigenvalue weighted by Crippen LogP contribution is -2.51. The van der Waals surface area contributed by atoms with Gasteiger partial charge in [0.1, 0.15) is 11.9 Å². The van der Waals surface area contributed by atoms with Crippen LogP contribution in [0.2, 0.25) is 0 Å². The number of nitrogens with two attached hydrogens (primary N) is 1. The summed E-state index contributed by atoms with van der Waals surface area (Å²) in [6, 6.07) is 0.681. The van der Waals surface area contributed by atoms with Gasteiger partial charge in [0, 0.05) is 6.54 Å². The van der Waals surface area contributed by atoms with Crippen molar-refractivity contribution in [2.45, 2.75) is 31.6 Å². The van der Waals surface area contributed by atoms with E-state index in [4.69, 9.17) is 5.73 Å². The van der Waals surface area contributed by atoms with E-state index >= 15 is 0 Å². The molecule has 1 heterocycles. The number of benzene rings is 1. The van der Waals surface area contributed by atoms with E-state index in [1.165, 1.54) is 12.1 Å². The number of hydrogen-bond donors (Lipinski definition) is 2. The molecule has 0 radical (unpaired) electrons. The maximum atomic E-state index is 13.3. The van der Waals surface area contributed by atoms with Gasteiger partial charge in [0.15, 0.2) is 0 Å². The summed E-state index contributed by atoms with van der Waals surface area (Å²) in [5.74, 6) is -1.44. The third kappa shape index (κ3) is 4.11. The molecule has 0 saturated carbocycles. The third-order valence-corrected chi connectivity index (χ3v) is 3.68. The van der Waals surface area contributed by atoms with Crippen LogP contribution in [0.5, 0.6) is 0 Å². The van der Waals surface area contributed by atoms with Gasteiger partial charge in [-0.3, -0.25) is 4.79 Å². The molecule has 126 valence electrons. The zero-order valence-electron chi connectivity index (χ0n) is 12.0. The van der Waals surface area contributed by atoms with Gasteiger partial charge in [-0.2, -0.15) is 13.2 Å². The molecule has 5 nitrogen and oxygen atoms in total. The summed E-state index contributed by atoms with van der Waals surface area (Å²) >= 11 is 0. The van der Waals surface area contributed by atoms with Crippen LogP contribution in [0.15, 0.2) is 18.2 Å². The fraction of sp³-hybridized carbons (Fsp3) is 0.429. The van der Waals surface area contributed by atoms with Crippen LogP contribution in [0.1, 0.15) is 17.5 Å². The fourth-order valence-electron chi connectivity index (χ4n) is 2.59. The second-order valence-electron chi connectivity index (χ2n) is 5.25. The lowest BCUT2D eigenvalue weighted by Gasteiger charge is -2.31. The molecular weight excluding hydrogens is 318 g/mol. The third-order valence-electron chi connectivity index (χ3n) is 3.68. The van der Waals surface area contributed by atoms with Crippen LogP contribution >= 0.6 is 0 Å². The van der Waals surface area contributed by atoms with Crippen molar-refractivity contribution >= 4 is 11.9 Å². The van der Waals surface area contributed by atoms with Gasteiger partial charge < -0.3 is 16.0 Å². The molecule has 3 N–H and O–H groups in total. The monoisotopic (exact) mass is 333 g/mol. The second-order valence-corrected chi connectivity index (χ2v) is 5.25. The van der Waals surface area contributed by atoms with Gasteiger partial charge in [0.2, 0.25) is 5.91 Å². The number of amides is 3. The minimum Gasteiger partial charge on any atom is -0.352 e.